The molecule has 2 rings (SSSR count). The van der Waals surface area contributed by atoms with Gasteiger partial charge in [-0.3, -0.25) is 9.69 Å². The van der Waals surface area contributed by atoms with Gasteiger partial charge in [-0.1, -0.05) is 17.7 Å². The number of carbonyl (C=O) groups excluding carboxylic acids is 1. The summed E-state index contributed by atoms with van der Waals surface area (Å²) in [5.41, 5.74) is 7.44. The molecular formula is C15H23ClN4O. The number of amides is 1. The SMILES string of the molecule is CN(C)c1c(Cl)cccc1NC(=O)CN1CCC(N)CC1. The highest BCUT2D eigenvalue weighted by atomic mass is 35.5. The molecule has 0 atom stereocenters. The molecule has 0 aliphatic carbocycles. The van der Waals surface area contributed by atoms with E-state index in [0.717, 1.165) is 37.3 Å². The molecule has 0 bridgehead atoms. The molecule has 1 amide bonds. The maximum absolute atomic E-state index is 12.2. The first kappa shape index (κ1) is 16.1. The highest BCUT2D eigenvalue weighted by Crippen LogP contribution is 2.32. The smallest absolute Gasteiger partial charge is 0.238 e. The van der Waals surface area contributed by atoms with Gasteiger partial charge in [0, 0.05) is 33.2 Å². The van der Waals surface area contributed by atoms with E-state index in [2.05, 4.69) is 10.2 Å². The number of rotatable bonds is 4. The van der Waals surface area contributed by atoms with E-state index in [1.54, 1.807) is 0 Å². The number of nitrogens with one attached hydrogen (secondary N) is 1. The molecule has 21 heavy (non-hydrogen) atoms. The summed E-state index contributed by atoms with van der Waals surface area (Å²) in [6.07, 6.45) is 1.90. The molecule has 6 heteroatoms. The Morgan fingerprint density at radius 1 is 1.43 bits per heavy atom. The van der Waals surface area contributed by atoms with Crippen molar-refractivity contribution in [3.8, 4) is 0 Å². The number of anilines is 2. The summed E-state index contributed by atoms with van der Waals surface area (Å²) in [4.78, 5) is 16.2. The predicted molar refractivity (Wildman–Crippen MR) is 88.1 cm³/mol. The highest BCUT2D eigenvalue weighted by Gasteiger charge is 2.19. The molecule has 1 saturated heterocycles. The zero-order chi connectivity index (χ0) is 15.4. The molecule has 1 heterocycles. The monoisotopic (exact) mass is 310 g/mol. The van der Waals surface area contributed by atoms with Gasteiger partial charge in [-0.2, -0.15) is 0 Å². The Bertz CT molecular complexity index is 498. The van der Waals surface area contributed by atoms with Gasteiger partial charge in [0.05, 0.1) is 22.9 Å². The van der Waals surface area contributed by atoms with Crippen LogP contribution in [0.4, 0.5) is 11.4 Å². The lowest BCUT2D eigenvalue weighted by Gasteiger charge is -2.29. The van der Waals surface area contributed by atoms with Gasteiger partial charge in [0.15, 0.2) is 0 Å². The Morgan fingerprint density at radius 2 is 2.10 bits per heavy atom. The number of benzene rings is 1. The summed E-state index contributed by atoms with van der Waals surface area (Å²) in [6.45, 7) is 2.15. The van der Waals surface area contributed by atoms with Crippen LogP contribution in [0.15, 0.2) is 18.2 Å². The van der Waals surface area contributed by atoms with Gasteiger partial charge in [0.1, 0.15) is 0 Å². The van der Waals surface area contributed by atoms with E-state index >= 15 is 0 Å². The van der Waals surface area contributed by atoms with Crippen LogP contribution in [0.2, 0.25) is 5.02 Å². The number of hydrogen-bond donors (Lipinski definition) is 2. The van der Waals surface area contributed by atoms with Gasteiger partial charge >= 0.3 is 0 Å². The minimum absolute atomic E-state index is 0.0177. The number of carbonyl (C=O) groups is 1. The lowest BCUT2D eigenvalue weighted by molar-refractivity contribution is -0.117. The number of likely N-dealkylation sites (tertiary alicyclic amines) is 1. The second-order valence-corrected chi connectivity index (χ2v) is 6.10. The zero-order valence-electron chi connectivity index (χ0n) is 12.6. The molecule has 0 saturated carbocycles. The molecule has 0 spiro atoms. The summed E-state index contributed by atoms with van der Waals surface area (Å²) in [5, 5.41) is 3.58. The normalized spacial score (nSPS) is 16.8. The van der Waals surface area contributed by atoms with Crippen molar-refractivity contribution in [2.24, 2.45) is 5.73 Å². The van der Waals surface area contributed by atoms with Gasteiger partial charge in [0.2, 0.25) is 5.91 Å². The van der Waals surface area contributed by atoms with Crippen molar-refractivity contribution in [2.75, 3.05) is 43.9 Å². The Kier molecular flexibility index (Phi) is 5.45. The topological polar surface area (TPSA) is 61.6 Å². The van der Waals surface area contributed by atoms with E-state index in [0.29, 0.717) is 11.6 Å². The second-order valence-electron chi connectivity index (χ2n) is 5.69. The van der Waals surface area contributed by atoms with Gasteiger partial charge in [-0.15, -0.1) is 0 Å². The molecular weight excluding hydrogens is 288 g/mol. The average molecular weight is 311 g/mol. The number of piperidine rings is 1. The minimum atomic E-state index is -0.0177. The van der Waals surface area contributed by atoms with Crippen molar-refractivity contribution in [2.45, 2.75) is 18.9 Å². The largest absolute Gasteiger partial charge is 0.375 e. The van der Waals surface area contributed by atoms with Crippen molar-refractivity contribution in [1.82, 2.24) is 4.90 Å². The van der Waals surface area contributed by atoms with Gasteiger partial charge in [-0.25, -0.2) is 0 Å². The van der Waals surface area contributed by atoms with E-state index in [4.69, 9.17) is 17.3 Å². The molecule has 5 nitrogen and oxygen atoms in total. The standard InChI is InChI=1S/C15H23ClN4O/c1-19(2)15-12(16)4-3-5-13(15)18-14(21)10-20-8-6-11(17)7-9-20/h3-5,11H,6-10,17H2,1-2H3,(H,18,21). The number of nitrogens with two attached hydrogens (primary N) is 1. The molecule has 1 fully saturated rings. The van der Waals surface area contributed by atoms with E-state index in [1.807, 2.05) is 37.2 Å². The molecule has 1 aliphatic rings. The zero-order valence-corrected chi connectivity index (χ0v) is 13.4. The lowest BCUT2D eigenvalue weighted by atomic mass is 10.1. The van der Waals surface area contributed by atoms with Crippen molar-refractivity contribution in [1.29, 1.82) is 0 Å². The molecule has 1 aromatic carbocycles. The molecule has 1 aromatic rings. The van der Waals surface area contributed by atoms with Crippen LogP contribution in [-0.4, -0.2) is 50.6 Å². The van der Waals surface area contributed by atoms with Gasteiger partial charge < -0.3 is 16.0 Å². The summed E-state index contributed by atoms with van der Waals surface area (Å²) in [7, 11) is 3.81. The van der Waals surface area contributed by atoms with Crippen LogP contribution in [-0.2, 0) is 4.79 Å². The fourth-order valence-corrected chi connectivity index (χ4v) is 2.92. The maximum atomic E-state index is 12.2. The third kappa shape index (κ3) is 4.33. The Morgan fingerprint density at radius 3 is 2.71 bits per heavy atom. The van der Waals surface area contributed by atoms with Gasteiger partial charge in [-0.05, 0) is 25.0 Å². The van der Waals surface area contributed by atoms with Gasteiger partial charge in [0.25, 0.3) is 0 Å². The first-order chi connectivity index (χ1) is 9.97. The number of para-hydroxylation sites is 1. The first-order valence-corrected chi connectivity index (χ1v) is 7.59. The summed E-state index contributed by atoms with van der Waals surface area (Å²) < 4.78 is 0. The third-order valence-electron chi connectivity index (χ3n) is 3.71. The fourth-order valence-electron chi connectivity index (χ4n) is 2.57. The Hall–Kier alpha value is -1.30. The van der Waals surface area contributed by atoms with Crippen LogP contribution < -0.4 is 16.0 Å². The summed E-state index contributed by atoms with van der Waals surface area (Å²) >= 11 is 6.20. The number of nitrogens with zero attached hydrogens (tertiary/aromatic N) is 2. The highest BCUT2D eigenvalue weighted by molar-refractivity contribution is 6.34. The van der Waals surface area contributed by atoms with Crippen molar-refractivity contribution < 1.29 is 4.79 Å². The Balaban J connectivity index is 1.98. The van der Waals surface area contributed by atoms with Crippen molar-refractivity contribution in [3.63, 3.8) is 0 Å². The molecule has 0 radical (unpaired) electrons. The lowest BCUT2D eigenvalue weighted by Crippen LogP contribution is -2.43. The van der Waals surface area contributed by atoms with E-state index < -0.39 is 0 Å². The van der Waals surface area contributed by atoms with Crippen LogP contribution in [0, 0.1) is 0 Å². The first-order valence-electron chi connectivity index (χ1n) is 7.21. The van der Waals surface area contributed by atoms with Crippen LogP contribution in [0.1, 0.15) is 12.8 Å². The van der Waals surface area contributed by atoms with Crippen molar-refractivity contribution >= 4 is 28.9 Å². The maximum Gasteiger partial charge on any atom is 0.238 e. The third-order valence-corrected chi connectivity index (χ3v) is 4.01. The average Bonchev–Trinajstić information content (AvgIpc) is 2.41. The summed E-state index contributed by atoms with van der Waals surface area (Å²) in [6, 6.07) is 5.80. The van der Waals surface area contributed by atoms with Crippen LogP contribution in [0.25, 0.3) is 0 Å². The molecule has 3 N–H and O–H groups in total. The number of hydrogen-bond acceptors (Lipinski definition) is 4. The van der Waals surface area contributed by atoms with Crippen molar-refractivity contribution in [3.05, 3.63) is 23.2 Å². The molecule has 0 aromatic heterocycles. The van der Waals surface area contributed by atoms with Crippen LogP contribution >= 0.6 is 11.6 Å². The quantitative estimate of drug-likeness (QED) is 0.890. The second kappa shape index (κ2) is 7.11. The molecule has 0 unspecified atom stereocenters. The number of halogens is 1. The van der Waals surface area contributed by atoms with Crippen LogP contribution in [0.3, 0.4) is 0 Å². The predicted octanol–water partition coefficient (Wildman–Crippen LogP) is 1.77. The fraction of sp³-hybridized carbons (Fsp3) is 0.533. The molecule has 1 aliphatic heterocycles. The Labute approximate surface area is 131 Å². The van der Waals surface area contributed by atoms with Crippen LogP contribution in [0.5, 0.6) is 0 Å². The van der Waals surface area contributed by atoms with E-state index in [1.165, 1.54) is 0 Å². The van der Waals surface area contributed by atoms with E-state index in [-0.39, 0.29) is 11.9 Å². The minimum Gasteiger partial charge on any atom is -0.375 e. The van der Waals surface area contributed by atoms with E-state index in [9.17, 15) is 4.79 Å². The summed E-state index contributed by atoms with van der Waals surface area (Å²) in [5.74, 6) is -0.0177. The molecule has 116 valence electrons.